The molecular weight excluding hydrogens is 448 g/mol. The Morgan fingerprint density at radius 1 is 1.17 bits per heavy atom. The van der Waals surface area contributed by atoms with Crippen LogP contribution in [0.25, 0.3) is 17.0 Å². The Hall–Kier alpha value is -3.61. The van der Waals surface area contributed by atoms with Gasteiger partial charge in [0.25, 0.3) is 5.91 Å². The Bertz CT molecular complexity index is 1410. The summed E-state index contributed by atoms with van der Waals surface area (Å²) < 4.78 is 0. The summed E-state index contributed by atoms with van der Waals surface area (Å²) in [5, 5.41) is 10.0. The van der Waals surface area contributed by atoms with E-state index in [1.54, 1.807) is 11.6 Å². The average molecular weight is 483 g/mol. The molecule has 4 N–H and O–H groups in total. The smallest absolute Gasteiger partial charge is 0.267 e. The lowest BCUT2D eigenvalue weighted by Gasteiger charge is -2.29. The molecule has 0 saturated heterocycles. The van der Waals surface area contributed by atoms with Crippen molar-refractivity contribution in [3.63, 3.8) is 0 Å². The van der Waals surface area contributed by atoms with Crippen LogP contribution in [0.1, 0.15) is 57.2 Å². The maximum atomic E-state index is 11.4. The first-order valence-corrected chi connectivity index (χ1v) is 12.6. The van der Waals surface area contributed by atoms with Crippen LogP contribution >= 0.6 is 0 Å². The predicted octanol–water partition coefficient (Wildman–Crippen LogP) is 5.67. The number of rotatable bonds is 8. The van der Waals surface area contributed by atoms with E-state index in [0.29, 0.717) is 6.04 Å². The van der Waals surface area contributed by atoms with Crippen LogP contribution in [0.2, 0.25) is 0 Å². The van der Waals surface area contributed by atoms with Gasteiger partial charge in [0.15, 0.2) is 0 Å². The summed E-state index contributed by atoms with van der Waals surface area (Å²) in [6.07, 6.45) is 8.31. The van der Waals surface area contributed by atoms with Crippen LogP contribution in [-0.4, -0.2) is 32.5 Å². The topological polar surface area (TPSA) is 84.2 Å². The number of carbonyl (C=O) groups excluding carboxylic acids is 1. The van der Waals surface area contributed by atoms with Crippen LogP contribution < -0.4 is 5.48 Å². The van der Waals surface area contributed by atoms with E-state index in [-0.39, 0.29) is 0 Å². The molecule has 0 bridgehead atoms. The Labute approximate surface area is 212 Å². The number of hydroxylamine groups is 1. The molecule has 186 valence electrons. The molecule has 1 aliphatic rings. The summed E-state index contributed by atoms with van der Waals surface area (Å²) in [7, 11) is 0. The summed E-state index contributed by atoms with van der Waals surface area (Å²) in [6, 6.07) is 15.7. The highest BCUT2D eigenvalue weighted by Crippen LogP contribution is 2.37. The number of hydrogen-bond donors (Lipinski definition) is 4. The van der Waals surface area contributed by atoms with E-state index in [9.17, 15) is 4.79 Å². The fourth-order valence-corrected chi connectivity index (χ4v) is 5.47. The van der Waals surface area contributed by atoms with Gasteiger partial charge >= 0.3 is 0 Å². The fourth-order valence-electron chi connectivity index (χ4n) is 5.47. The quantitative estimate of drug-likeness (QED) is 0.148. The van der Waals surface area contributed by atoms with Crippen LogP contribution in [0, 0.1) is 20.8 Å². The molecule has 4 aromatic rings. The van der Waals surface area contributed by atoms with Gasteiger partial charge in [-0.15, -0.1) is 0 Å². The van der Waals surface area contributed by atoms with Crippen molar-refractivity contribution in [3.05, 3.63) is 99.5 Å². The highest BCUT2D eigenvalue weighted by molar-refractivity contribution is 5.90. The lowest BCUT2D eigenvalue weighted by molar-refractivity contribution is -0.124. The predicted molar refractivity (Wildman–Crippen MR) is 144 cm³/mol. The minimum absolute atomic E-state index is 0.343. The molecule has 2 aromatic carbocycles. The minimum atomic E-state index is -0.525. The van der Waals surface area contributed by atoms with Gasteiger partial charge in [-0.2, -0.15) is 0 Å². The number of aromatic nitrogens is 2. The molecule has 1 aliphatic carbocycles. The second kappa shape index (κ2) is 10.2. The maximum absolute atomic E-state index is 11.4. The van der Waals surface area contributed by atoms with Crippen molar-refractivity contribution in [1.29, 1.82) is 0 Å². The minimum Gasteiger partial charge on any atom is -0.361 e. The van der Waals surface area contributed by atoms with Crippen molar-refractivity contribution in [2.24, 2.45) is 0 Å². The second-order valence-corrected chi connectivity index (χ2v) is 10.0. The zero-order chi connectivity index (χ0) is 25.2. The van der Waals surface area contributed by atoms with Gasteiger partial charge < -0.3 is 9.97 Å². The standard InChI is InChI=1S/C30H34N4O2/c1-19-4-8-26-24(17-31-28(26)14-19)12-13-34(18-25-15-20(2)21(3)32-25)29-10-7-23-16-22(5-9-27(23)29)6-11-30(35)33-36/h4-6,8-9,11,14-17,29,31-32,36H,7,10,12-13,18H2,1-3H3,(H,33,35)/b11-6+. The van der Waals surface area contributed by atoms with E-state index in [4.69, 9.17) is 5.21 Å². The molecule has 6 heteroatoms. The largest absolute Gasteiger partial charge is 0.361 e. The molecule has 1 unspecified atom stereocenters. The summed E-state index contributed by atoms with van der Waals surface area (Å²) in [6.45, 7) is 8.25. The van der Waals surface area contributed by atoms with E-state index >= 15 is 0 Å². The van der Waals surface area contributed by atoms with Crippen molar-refractivity contribution in [3.8, 4) is 0 Å². The van der Waals surface area contributed by atoms with Crippen molar-refractivity contribution in [2.75, 3.05) is 6.54 Å². The third-order valence-electron chi connectivity index (χ3n) is 7.49. The number of H-pyrrole nitrogens is 2. The number of nitrogens with one attached hydrogen (secondary N) is 3. The second-order valence-electron chi connectivity index (χ2n) is 10.0. The molecule has 2 heterocycles. The molecule has 6 nitrogen and oxygen atoms in total. The lowest BCUT2D eigenvalue weighted by atomic mass is 10.0. The molecule has 2 aromatic heterocycles. The van der Waals surface area contributed by atoms with E-state index in [2.05, 4.69) is 84.3 Å². The highest BCUT2D eigenvalue weighted by atomic mass is 16.5. The summed E-state index contributed by atoms with van der Waals surface area (Å²) >= 11 is 0. The van der Waals surface area contributed by atoms with Gasteiger partial charge in [0.2, 0.25) is 0 Å². The molecule has 36 heavy (non-hydrogen) atoms. The zero-order valence-electron chi connectivity index (χ0n) is 21.2. The first-order chi connectivity index (χ1) is 17.4. The molecule has 5 rings (SSSR count). The molecule has 0 fully saturated rings. The molecule has 0 radical (unpaired) electrons. The van der Waals surface area contributed by atoms with Crippen LogP contribution in [-0.2, 0) is 24.2 Å². The van der Waals surface area contributed by atoms with Gasteiger partial charge in [-0.05, 0) is 91.6 Å². The van der Waals surface area contributed by atoms with Crippen molar-refractivity contribution in [1.82, 2.24) is 20.3 Å². The van der Waals surface area contributed by atoms with Gasteiger partial charge in [-0.25, -0.2) is 5.48 Å². The lowest BCUT2D eigenvalue weighted by Crippen LogP contribution is -2.29. The van der Waals surface area contributed by atoms with E-state index in [1.807, 2.05) is 0 Å². The summed E-state index contributed by atoms with van der Waals surface area (Å²) in [5.74, 6) is -0.525. The van der Waals surface area contributed by atoms with Gasteiger partial charge in [-0.1, -0.05) is 30.3 Å². The number of benzene rings is 2. The van der Waals surface area contributed by atoms with Gasteiger partial charge in [0.1, 0.15) is 0 Å². The fraction of sp³-hybridized carbons (Fsp3) is 0.300. The number of amides is 1. The number of aromatic amines is 2. The average Bonchev–Trinajstić information content (AvgIpc) is 3.56. The summed E-state index contributed by atoms with van der Waals surface area (Å²) in [5.41, 5.74) is 12.9. The monoisotopic (exact) mass is 482 g/mol. The molecule has 0 spiro atoms. The third kappa shape index (κ3) is 5.01. The first-order valence-electron chi connectivity index (χ1n) is 12.6. The van der Waals surface area contributed by atoms with Crippen molar-refractivity contribution < 1.29 is 10.0 Å². The number of fused-ring (bicyclic) bond motifs is 2. The van der Waals surface area contributed by atoms with Crippen molar-refractivity contribution >= 4 is 22.9 Å². The summed E-state index contributed by atoms with van der Waals surface area (Å²) in [4.78, 5) is 21.0. The van der Waals surface area contributed by atoms with E-state index in [0.717, 1.165) is 37.9 Å². The third-order valence-corrected chi connectivity index (χ3v) is 7.49. The van der Waals surface area contributed by atoms with Crippen LogP contribution in [0.3, 0.4) is 0 Å². The number of aryl methyl sites for hydroxylation is 4. The SMILES string of the molecule is Cc1ccc2c(CCN(Cc3cc(C)c(C)[nH]3)C3CCc4cc(/C=C/C(=O)NO)ccc43)c[nH]c2c1. The number of nitrogens with zero attached hydrogens (tertiary/aromatic N) is 1. The van der Waals surface area contributed by atoms with Crippen LogP contribution in [0.4, 0.5) is 0 Å². The molecule has 0 aliphatic heterocycles. The molecule has 1 atom stereocenters. The molecule has 1 amide bonds. The Morgan fingerprint density at radius 2 is 2.03 bits per heavy atom. The number of hydrogen-bond acceptors (Lipinski definition) is 3. The van der Waals surface area contributed by atoms with E-state index in [1.165, 1.54) is 56.2 Å². The first kappa shape index (κ1) is 24.1. The Morgan fingerprint density at radius 3 is 2.81 bits per heavy atom. The molecular formula is C30H34N4O2. The maximum Gasteiger partial charge on any atom is 0.267 e. The van der Waals surface area contributed by atoms with Crippen LogP contribution in [0.5, 0.6) is 0 Å². The Kier molecular flexibility index (Phi) is 6.81. The van der Waals surface area contributed by atoms with Gasteiger partial charge in [0, 0.05) is 53.7 Å². The van der Waals surface area contributed by atoms with E-state index < -0.39 is 5.91 Å². The van der Waals surface area contributed by atoms with Gasteiger partial charge in [0.05, 0.1) is 0 Å². The normalized spacial score (nSPS) is 15.3. The van der Waals surface area contributed by atoms with Crippen molar-refractivity contribution in [2.45, 2.75) is 52.6 Å². The number of carbonyl (C=O) groups is 1. The zero-order valence-corrected chi connectivity index (χ0v) is 21.2. The van der Waals surface area contributed by atoms with Crippen LogP contribution in [0.15, 0.2) is 54.7 Å². The Balaban J connectivity index is 1.40. The molecule has 0 saturated carbocycles. The van der Waals surface area contributed by atoms with Gasteiger partial charge in [-0.3, -0.25) is 14.9 Å². The highest BCUT2D eigenvalue weighted by Gasteiger charge is 2.28.